The Morgan fingerprint density at radius 1 is 1.38 bits per heavy atom. The van der Waals surface area contributed by atoms with Crippen molar-refractivity contribution in [1.29, 1.82) is 0 Å². The molecule has 136 valence electrons. The molecule has 3 N–H and O–H groups in total. The number of allylic oxidation sites excluding steroid dienone is 1. The normalized spacial score (nSPS) is 15.3. The van der Waals surface area contributed by atoms with Crippen LogP contribution in [-0.2, 0) is 11.3 Å². The third-order valence-corrected chi connectivity index (χ3v) is 4.42. The van der Waals surface area contributed by atoms with E-state index in [1.165, 1.54) is 0 Å². The maximum atomic E-state index is 11.6. The Balaban J connectivity index is 1.76. The molecule has 0 bridgehead atoms. The summed E-state index contributed by atoms with van der Waals surface area (Å²) in [6.07, 6.45) is 1.25. The highest BCUT2D eigenvalue weighted by Crippen LogP contribution is 2.36. The van der Waals surface area contributed by atoms with E-state index in [9.17, 15) is 9.59 Å². The Bertz CT molecular complexity index is 838. The first-order valence-corrected chi connectivity index (χ1v) is 8.71. The zero-order valence-electron chi connectivity index (χ0n) is 13.8. The maximum absolute atomic E-state index is 11.6. The van der Waals surface area contributed by atoms with Crippen molar-refractivity contribution in [2.45, 2.75) is 17.8 Å². The van der Waals surface area contributed by atoms with E-state index in [0.29, 0.717) is 35.6 Å². The molecule has 1 aromatic carbocycles. The van der Waals surface area contributed by atoms with Crippen molar-refractivity contribution in [1.82, 2.24) is 20.1 Å². The van der Waals surface area contributed by atoms with Crippen LogP contribution in [0.5, 0.6) is 11.5 Å². The molecule has 1 aliphatic rings. The number of rotatable bonds is 6. The summed E-state index contributed by atoms with van der Waals surface area (Å²) >= 11 is 1.13. The molecule has 0 saturated carbocycles. The SMILES string of the molecule is C=CCn1c(SCC(=O)NC(N)=O)nnc1[C@H]1COc2ccccc2O1. The quantitative estimate of drug-likeness (QED) is 0.576. The minimum atomic E-state index is -0.893. The Labute approximate surface area is 153 Å². The lowest BCUT2D eigenvalue weighted by Crippen LogP contribution is -2.36. The van der Waals surface area contributed by atoms with E-state index in [0.717, 1.165) is 11.8 Å². The predicted octanol–water partition coefficient (Wildman–Crippen LogP) is 1.26. The Hall–Kier alpha value is -3.01. The lowest BCUT2D eigenvalue weighted by molar-refractivity contribution is -0.117. The number of urea groups is 1. The summed E-state index contributed by atoms with van der Waals surface area (Å²) in [7, 11) is 0. The van der Waals surface area contributed by atoms with Crippen LogP contribution < -0.4 is 20.5 Å². The first-order valence-electron chi connectivity index (χ1n) is 7.73. The van der Waals surface area contributed by atoms with Gasteiger partial charge in [-0.1, -0.05) is 30.0 Å². The molecule has 1 aliphatic heterocycles. The molecule has 1 atom stereocenters. The van der Waals surface area contributed by atoms with Crippen molar-refractivity contribution < 1.29 is 19.1 Å². The largest absolute Gasteiger partial charge is 0.485 e. The number of nitrogens with one attached hydrogen (secondary N) is 1. The Morgan fingerprint density at radius 3 is 2.88 bits per heavy atom. The van der Waals surface area contributed by atoms with Crippen LogP contribution in [0.25, 0.3) is 0 Å². The molecular weight excluding hydrogens is 358 g/mol. The fraction of sp³-hybridized carbons (Fsp3) is 0.250. The van der Waals surface area contributed by atoms with E-state index >= 15 is 0 Å². The van der Waals surface area contributed by atoms with Crippen LogP contribution in [0.15, 0.2) is 42.1 Å². The number of primary amides is 1. The highest BCUT2D eigenvalue weighted by atomic mass is 32.2. The van der Waals surface area contributed by atoms with Crippen molar-refractivity contribution >= 4 is 23.7 Å². The summed E-state index contributed by atoms with van der Waals surface area (Å²) < 4.78 is 13.5. The van der Waals surface area contributed by atoms with Crippen LogP contribution in [-0.4, -0.2) is 39.1 Å². The molecule has 0 aliphatic carbocycles. The second kappa shape index (κ2) is 7.91. The van der Waals surface area contributed by atoms with Gasteiger partial charge >= 0.3 is 6.03 Å². The lowest BCUT2D eigenvalue weighted by atomic mass is 10.2. The number of hydrogen-bond donors (Lipinski definition) is 2. The van der Waals surface area contributed by atoms with Gasteiger partial charge in [-0.2, -0.15) is 0 Å². The van der Waals surface area contributed by atoms with Gasteiger partial charge in [-0.3, -0.25) is 14.7 Å². The number of aromatic nitrogens is 3. The number of nitrogens with zero attached hydrogens (tertiary/aromatic N) is 3. The molecule has 3 amide bonds. The van der Waals surface area contributed by atoms with E-state index in [1.807, 2.05) is 29.6 Å². The number of ether oxygens (including phenoxy) is 2. The summed E-state index contributed by atoms with van der Waals surface area (Å²) in [6.45, 7) is 4.46. The van der Waals surface area contributed by atoms with Gasteiger partial charge in [0.25, 0.3) is 0 Å². The van der Waals surface area contributed by atoms with Crippen LogP contribution in [0, 0.1) is 0 Å². The number of hydrogen-bond acceptors (Lipinski definition) is 7. The van der Waals surface area contributed by atoms with Crippen molar-refractivity contribution in [2.75, 3.05) is 12.4 Å². The van der Waals surface area contributed by atoms with Crippen LogP contribution in [0.3, 0.4) is 0 Å². The number of thioether (sulfide) groups is 1. The summed E-state index contributed by atoms with van der Waals surface area (Å²) in [5, 5.41) is 10.8. The molecule has 0 saturated heterocycles. The standard InChI is InChI=1S/C16H17N5O4S/c1-2-7-21-14(12-8-24-10-5-3-4-6-11(10)25-12)19-20-16(21)26-9-13(22)18-15(17)23/h2-6,12H,1,7-9H2,(H3,17,18,22,23)/t12-/m1/s1. The minimum absolute atomic E-state index is 0.0247. The second-order valence-electron chi connectivity index (χ2n) is 5.31. The number of nitrogens with two attached hydrogens (primary N) is 1. The number of fused-ring (bicyclic) bond motifs is 1. The van der Waals surface area contributed by atoms with E-state index < -0.39 is 18.0 Å². The zero-order valence-corrected chi connectivity index (χ0v) is 14.6. The Morgan fingerprint density at radius 2 is 2.15 bits per heavy atom. The van der Waals surface area contributed by atoms with Gasteiger partial charge in [0.15, 0.2) is 28.6 Å². The number of carbonyl (C=O) groups excluding carboxylic acids is 2. The number of para-hydroxylation sites is 2. The van der Waals surface area contributed by atoms with Gasteiger partial charge in [-0.05, 0) is 12.1 Å². The highest BCUT2D eigenvalue weighted by molar-refractivity contribution is 7.99. The number of carbonyl (C=O) groups is 2. The molecule has 0 radical (unpaired) electrons. The second-order valence-corrected chi connectivity index (χ2v) is 6.25. The van der Waals surface area contributed by atoms with E-state index in [-0.39, 0.29) is 5.75 Å². The van der Waals surface area contributed by atoms with Crippen LogP contribution in [0.4, 0.5) is 4.79 Å². The lowest BCUT2D eigenvalue weighted by Gasteiger charge is -2.26. The number of amides is 3. The average molecular weight is 375 g/mol. The monoisotopic (exact) mass is 375 g/mol. The van der Waals surface area contributed by atoms with Crippen LogP contribution in [0.2, 0.25) is 0 Å². The summed E-state index contributed by atoms with van der Waals surface area (Å²) in [5.41, 5.74) is 4.92. The fourth-order valence-electron chi connectivity index (χ4n) is 2.40. The highest BCUT2D eigenvalue weighted by Gasteiger charge is 2.28. The van der Waals surface area contributed by atoms with Crippen LogP contribution in [0.1, 0.15) is 11.9 Å². The average Bonchev–Trinajstić information content (AvgIpc) is 3.02. The molecular formula is C16H17N5O4S. The number of benzene rings is 1. The summed E-state index contributed by atoms with van der Waals surface area (Å²) in [5.74, 6) is 1.34. The van der Waals surface area contributed by atoms with Gasteiger partial charge in [-0.25, -0.2) is 4.79 Å². The van der Waals surface area contributed by atoms with Gasteiger partial charge in [0.2, 0.25) is 5.91 Å². The third-order valence-electron chi connectivity index (χ3n) is 3.45. The van der Waals surface area contributed by atoms with E-state index in [1.54, 1.807) is 10.6 Å². The van der Waals surface area contributed by atoms with Crippen molar-refractivity contribution in [2.24, 2.45) is 5.73 Å². The topological polar surface area (TPSA) is 121 Å². The summed E-state index contributed by atoms with van der Waals surface area (Å²) in [4.78, 5) is 22.3. The zero-order chi connectivity index (χ0) is 18.5. The molecule has 1 aromatic heterocycles. The van der Waals surface area contributed by atoms with Gasteiger partial charge in [0.05, 0.1) is 5.75 Å². The molecule has 26 heavy (non-hydrogen) atoms. The van der Waals surface area contributed by atoms with Gasteiger partial charge in [-0.15, -0.1) is 16.8 Å². The smallest absolute Gasteiger partial charge is 0.318 e. The third kappa shape index (κ3) is 3.97. The summed E-state index contributed by atoms with van der Waals surface area (Å²) in [6, 6.07) is 6.49. The minimum Gasteiger partial charge on any atom is -0.485 e. The number of imide groups is 1. The predicted molar refractivity (Wildman–Crippen MR) is 94.0 cm³/mol. The molecule has 0 fully saturated rings. The van der Waals surface area contributed by atoms with Gasteiger partial charge in [0.1, 0.15) is 6.61 Å². The van der Waals surface area contributed by atoms with E-state index in [4.69, 9.17) is 15.2 Å². The molecule has 3 rings (SSSR count). The maximum Gasteiger partial charge on any atom is 0.318 e. The molecule has 2 heterocycles. The molecule has 0 spiro atoms. The van der Waals surface area contributed by atoms with Crippen LogP contribution >= 0.6 is 11.8 Å². The molecule has 0 unspecified atom stereocenters. The van der Waals surface area contributed by atoms with Crippen molar-refractivity contribution in [3.8, 4) is 11.5 Å². The fourth-order valence-corrected chi connectivity index (χ4v) is 3.15. The molecule has 9 nitrogen and oxygen atoms in total. The van der Waals surface area contributed by atoms with E-state index in [2.05, 4.69) is 16.8 Å². The first kappa shape index (κ1) is 17.8. The molecule has 10 heteroatoms. The molecule has 2 aromatic rings. The van der Waals surface area contributed by atoms with Crippen molar-refractivity contribution in [3.63, 3.8) is 0 Å². The Kier molecular flexibility index (Phi) is 5.42. The first-order chi connectivity index (χ1) is 12.6. The van der Waals surface area contributed by atoms with Crippen molar-refractivity contribution in [3.05, 3.63) is 42.7 Å². The van der Waals surface area contributed by atoms with Gasteiger partial charge < -0.3 is 15.2 Å². The van der Waals surface area contributed by atoms with Gasteiger partial charge in [0, 0.05) is 6.54 Å².